The van der Waals surface area contributed by atoms with Crippen molar-refractivity contribution in [3.05, 3.63) is 33.7 Å². The molecule has 4 heteroatoms. The number of rotatable bonds is 4. The Balaban J connectivity index is 2.63. The second kappa shape index (κ2) is 5.49. The number of H-pyrrole nitrogens is 1. The summed E-state index contributed by atoms with van der Waals surface area (Å²) in [6.45, 7) is 6.60. The molecule has 0 unspecified atom stereocenters. The van der Waals surface area contributed by atoms with E-state index in [0.717, 1.165) is 6.42 Å². The summed E-state index contributed by atoms with van der Waals surface area (Å²) in [7, 11) is 0. The number of aryl methyl sites for hydroxylation is 1. The lowest BCUT2D eigenvalue weighted by molar-refractivity contribution is 0.0951. The maximum absolute atomic E-state index is 11.7. The highest BCUT2D eigenvalue weighted by Crippen LogP contribution is 1.99. The minimum absolute atomic E-state index is 0.185. The van der Waals surface area contributed by atoms with E-state index < -0.39 is 0 Å². The van der Waals surface area contributed by atoms with Gasteiger partial charge < -0.3 is 10.3 Å². The molecule has 1 heterocycles. The number of carbonyl (C=O) groups excluding carboxylic acids is 1. The third-order valence-corrected chi connectivity index (χ3v) is 2.25. The van der Waals surface area contributed by atoms with Crippen LogP contribution in [0.4, 0.5) is 0 Å². The Labute approximate surface area is 95.1 Å². The van der Waals surface area contributed by atoms with Crippen LogP contribution in [-0.2, 0) is 0 Å². The largest absolute Gasteiger partial charge is 0.352 e. The molecule has 16 heavy (non-hydrogen) atoms. The Kier molecular flexibility index (Phi) is 4.28. The van der Waals surface area contributed by atoms with Gasteiger partial charge >= 0.3 is 0 Å². The van der Waals surface area contributed by atoms with Gasteiger partial charge in [-0.2, -0.15) is 0 Å². The minimum atomic E-state index is -0.242. The second-order valence-corrected chi connectivity index (χ2v) is 4.35. The van der Waals surface area contributed by atoms with Crippen LogP contribution in [0.1, 0.15) is 36.3 Å². The van der Waals surface area contributed by atoms with Gasteiger partial charge in [-0.3, -0.25) is 9.59 Å². The predicted molar refractivity (Wildman–Crippen MR) is 63.6 cm³/mol. The molecule has 0 radical (unpaired) electrons. The first-order valence-electron chi connectivity index (χ1n) is 5.48. The highest BCUT2D eigenvalue weighted by Gasteiger charge is 2.06. The van der Waals surface area contributed by atoms with Crippen molar-refractivity contribution in [2.75, 3.05) is 6.54 Å². The highest BCUT2D eigenvalue weighted by molar-refractivity contribution is 5.94. The molecule has 1 rings (SSSR count). The van der Waals surface area contributed by atoms with Crippen molar-refractivity contribution in [2.45, 2.75) is 27.2 Å². The molecule has 4 nitrogen and oxygen atoms in total. The van der Waals surface area contributed by atoms with Gasteiger partial charge in [-0.1, -0.05) is 13.8 Å². The van der Waals surface area contributed by atoms with Crippen molar-refractivity contribution in [3.63, 3.8) is 0 Å². The predicted octanol–water partition coefficient (Wildman–Crippen LogP) is 1.46. The Morgan fingerprint density at radius 1 is 1.44 bits per heavy atom. The zero-order valence-corrected chi connectivity index (χ0v) is 9.96. The zero-order chi connectivity index (χ0) is 12.1. The van der Waals surface area contributed by atoms with E-state index >= 15 is 0 Å². The molecule has 0 fully saturated rings. The van der Waals surface area contributed by atoms with E-state index in [0.29, 0.717) is 23.7 Å². The maximum Gasteiger partial charge on any atom is 0.251 e. The summed E-state index contributed by atoms with van der Waals surface area (Å²) in [5.74, 6) is 0.371. The summed E-state index contributed by atoms with van der Waals surface area (Å²) in [6, 6.07) is 2.99. The molecule has 0 atom stereocenters. The molecule has 0 saturated carbocycles. The normalized spacial score (nSPS) is 10.5. The number of hydrogen-bond donors (Lipinski definition) is 2. The summed E-state index contributed by atoms with van der Waals surface area (Å²) in [5.41, 5.74) is 0.875. The number of hydrogen-bond acceptors (Lipinski definition) is 2. The van der Waals surface area contributed by atoms with Crippen LogP contribution in [0.2, 0.25) is 0 Å². The Morgan fingerprint density at radius 2 is 2.12 bits per heavy atom. The van der Waals surface area contributed by atoms with Crippen molar-refractivity contribution >= 4 is 5.91 Å². The summed E-state index contributed by atoms with van der Waals surface area (Å²) in [4.78, 5) is 25.4. The monoisotopic (exact) mass is 222 g/mol. The number of amides is 1. The van der Waals surface area contributed by atoms with Crippen LogP contribution in [0.5, 0.6) is 0 Å². The number of aromatic amines is 1. The van der Waals surface area contributed by atoms with E-state index in [9.17, 15) is 9.59 Å². The first kappa shape index (κ1) is 12.5. The number of aromatic nitrogens is 1. The van der Waals surface area contributed by atoms with Crippen molar-refractivity contribution < 1.29 is 4.79 Å². The van der Waals surface area contributed by atoms with Crippen molar-refractivity contribution in [1.29, 1.82) is 0 Å². The van der Waals surface area contributed by atoms with Crippen LogP contribution in [0.3, 0.4) is 0 Å². The summed E-state index contributed by atoms with van der Waals surface area (Å²) in [5, 5.41) is 2.79. The van der Waals surface area contributed by atoms with Gasteiger partial charge in [0.05, 0.1) is 0 Å². The van der Waals surface area contributed by atoms with Crippen LogP contribution < -0.4 is 10.9 Å². The standard InChI is InChI=1S/C12H18N2O2/c1-8(2)4-5-13-12(16)10-6-9(3)14-11(15)7-10/h6-8H,4-5H2,1-3H3,(H,13,16)(H,14,15). The highest BCUT2D eigenvalue weighted by atomic mass is 16.2. The topological polar surface area (TPSA) is 62.0 Å². The molecule has 0 aliphatic carbocycles. The maximum atomic E-state index is 11.7. The van der Waals surface area contributed by atoms with Crippen LogP contribution in [0.15, 0.2) is 16.9 Å². The quantitative estimate of drug-likeness (QED) is 0.810. The number of nitrogens with one attached hydrogen (secondary N) is 2. The average molecular weight is 222 g/mol. The zero-order valence-electron chi connectivity index (χ0n) is 9.96. The van der Waals surface area contributed by atoms with E-state index in [4.69, 9.17) is 0 Å². The number of carbonyl (C=O) groups is 1. The molecule has 0 bridgehead atoms. The average Bonchev–Trinajstić information content (AvgIpc) is 2.15. The lowest BCUT2D eigenvalue weighted by Crippen LogP contribution is -2.26. The third-order valence-electron chi connectivity index (χ3n) is 2.25. The molecule has 0 saturated heterocycles. The van der Waals surface area contributed by atoms with E-state index in [2.05, 4.69) is 24.1 Å². The molecule has 1 aromatic heterocycles. The van der Waals surface area contributed by atoms with Gasteiger partial charge in [0.25, 0.3) is 5.91 Å². The summed E-state index contributed by atoms with van der Waals surface area (Å²) >= 11 is 0. The van der Waals surface area contributed by atoms with Gasteiger partial charge in [0.2, 0.25) is 5.56 Å². The summed E-state index contributed by atoms with van der Waals surface area (Å²) < 4.78 is 0. The van der Waals surface area contributed by atoms with Gasteiger partial charge in [-0.15, -0.1) is 0 Å². The molecule has 0 spiro atoms. The Hall–Kier alpha value is -1.58. The molecule has 2 N–H and O–H groups in total. The first-order chi connectivity index (χ1) is 7.49. The molecule has 1 aromatic rings. The SMILES string of the molecule is Cc1cc(C(=O)NCCC(C)C)cc(=O)[nH]1. The Bertz CT molecular complexity index is 421. The fourth-order valence-corrected chi connectivity index (χ4v) is 1.39. The van der Waals surface area contributed by atoms with Crippen molar-refractivity contribution in [3.8, 4) is 0 Å². The fourth-order valence-electron chi connectivity index (χ4n) is 1.39. The van der Waals surface area contributed by atoms with E-state index in [1.807, 2.05) is 0 Å². The van der Waals surface area contributed by atoms with Gasteiger partial charge in [0.1, 0.15) is 0 Å². The summed E-state index contributed by atoms with van der Waals surface area (Å²) in [6.07, 6.45) is 0.938. The van der Waals surface area contributed by atoms with E-state index in [-0.39, 0.29) is 11.5 Å². The molecular weight excluding hydrogens is 204 g/mol. The number of pyridine rings is 1. The fraction of sp³-hybridized carbons (Fsp3) is 0.500. The van der Waals surface area contributed by atoms with Gasteiger partial charge in [0, 0.05) is 23.9 Å². The lowest BCUT2D eigenvalue weighted by Gasteiger charge is -2.07. The lowest BCUT2D eigenvalue weighted by atomic mass is 10.1. The molecule has 88 valence electrons. The van der Waals surface area contributed by atoms with Crippen LogP contribution in [0, 0.1) is 12.8 Å². The van der Waals surface area contributed by atoms with Gasteiger partial charge in [0.15, 0.2) is 0 Å². The smallest absolute Gasteiger partial charge is 0.251 e. The van der Waals surface area contributed by atoms with Gasteiger partial charge in [-0.05, 0) is 25.3 Å². The molecule has 0 aliphatic heterocycles. The third kappa shape index (κ3) is 3.88. The van der Waals surface area contributed by atoms with Gasteiger partial charge in [-0.25, -0.2) is 0 Å². The van der Waals surface area contributed by atoms with E-state index in [1.165, 1.54) is 6.07 Å². The molecule has 1 amide bonds. The molecule has 0 aromatic carbocycles. The first-order valence-corrected chi connectivity index (χ1v) is 5.48. The Morgan fingerprint density at radius 3 is 2.69 bits per heavy atom. The van der Waals surface area contributed by atoms with E-state index in [1.54, 1.807) is 13.0 Å². The van der Waals surface area contributed by atoms with Crippen molar-refractivity contribution in [1.82, 2.24) is 10.3 Å². The van der Waals surface area contributed by atoms with Crippen LogP contribution >= 0.6 is 0 Å². The molecular formula is C12H18N2O2. The van der Waals surface area contributed by atoms with Crippen LogP contribution in [0.25, 0.3) is 0 Å². The van der Waals surface area contributed by atoms with Crippen LogP contribution in [-0.4, -0.2) is 17.4 Å². The molecule has 0 aliphatic rings. The second-order valence-electron chi connectivity index (χ2n) is 4.35. The van der Waals surface area contributed by atoms with Crippen molar-refractivity contribution in [2.24, 2.45) is 5.92 Å². The minimum Gasteiger partial charge on any atom is -0.352 e.